The molecule has 1 rings (SSSR count). The van der Waals surface area contributed by atoms with E-state index in [0.29, 0.717) is 13.0 Å². The van der Waals surface area contributed by atoms with E-state index in [0.717, 1.165) is 12.1 Å². The molecule has 2 atom stereocenters. The van der Waals surface area contributed by atoms with Gasteiger partial charge in [0, 0.05) is 12.1 Å². The predicted molar refractivity (Wildman–Crippen MR) is 69.2 cm³/mol. The first-order valence-electron chi connectivity index (χ1n) is 6.33. The predicted octanol–water partition coefficient (Wildman–Crippen LogP) is 2.84. The molecule has 0 aromatic heterocycles. The van der Waals surface area contributed by atoms with Crippen LogP contribution in [0.2, 0.25) is 0 Å². The summed E-state index contributed by atoms with van der Waals surface area (Å²) in [5, 5.41) is 11.8. The minimum absolute atomic E-state index is 0.0240. The van der Waals surface area contributed by atoms with E-state index in [1.165, 1.54) is 12.1 Å². The second-order valence-electron chi connectivity index (χ2n) is 4.98. The highest BCUT2D eigenvalue weighted by Crippen LogP contribution is 2.29. The topological polar surface area (TPSA) is 49.3 Å². The van der Waals surface area contributed by atoms with Crippen LogP contribution in [-0.2, 0) is 6.18 Å². The van der Waals surface area contributed by atoms with Crippen LogP contribution in [0, 0.1) is 5.92 Å². The lowest BCUT2D eigenvalue weighted by Gasteiger charge is -2.14. The van der Waals surface area contributed by atoms with Gasteiger partial charge >= 0.3 is 6.18 Å². The average molecular weight is 289 g/mol. The standard InChI is InChI=1S/C14H18F3NO2/c1-9(6-10(2)19)8-18-13(20)11-4-3-5-12(7-11)14(15,16)17/h3-5,7,9-10,19H,6,8H2,1-2H3,(H,18,20). The van der Waals surface area contributed by atoms with Gasteiger partial charge in [0.25, 0.3) is 5.91 Å². The lowest BCUT2D eigenvalue weighted by Crippen LogP contribution is -2.29. The summed E-state index contributed by atoms with van der Waals surface area (Å²) >= 11 is 0. The summed E-state index contributed by atoms with van der Waals surface area (Å²) in [5.41, 5.74) is -0.869. The number of aliphatic hydroxyl groups excluding tert-OH is 1. The zero-order valence-corrected chi connectivity index (χ0v) is 11.4. The molecule has 0 saturated carbocycles. The van der Waals surface area contributed by atoms with Crippen LogP contribution in [0.3, 0.4) is 0 Å². The maximum Gasteiger partial charge on any atom is 0.416 e. The molecule has 0 aliphatic carbocycles. The molecule has 0 saturated heterocycles. The van der Waals surface area contributed by atoms with E-state index in [1.807, 2.05) is 6.92 Å². The van der Waals surface area contributed by atoms with Crippen molar-refractivity contribution in [2.75, 3.05) is 6.54 Å². The third kappa shape index (κ3) is 5.21. The van der Waals surface area contributed by atoms with Crippen LogP contribution in [0.5, 0.6) is 0 Å². The Hall–Kier alpha value is -1.56. The monoisotopic (exact) mass is 289 g/mol. The van der Waals surface area contributed by atoms with Crippen LogP contribution in [0.25, 0.3) is 0 Å². The Bertz CT molecular complexity index is 458. The van der Waals surface area contributed by atoms with Gasteiger partial charge in [-0.1, -0.05) is 13.0 Å². The number of halogens is 3. The van der Waals surface area contributed by atoms with E-state index in [-0.39, 0.29) is 11.5 Å². The van der Waals surface area contributed by atoms with Gasteiger partial charge in [-0.05, 0) is 37.5 Å². The number of benzene rings is 1. The lowest BCUT2D eigenvalue weighted by atomic mass is 10.0. The molecule has 0 aliphatic rings. The third-order valence-corrected chi connectivity index (χ3v) is 2.81. The lowest BCUT2D eigenvalue weighted by molar-refractivity contribution is -0.137. The molecule has 1 amide bonds. The molecular weight excluding hydrogens is 271 g/mol. The van der Waals surface area contributed by atoms with Crippen molar-refractivity contribution in [1.29, 1.82) is 0 Å². The van der Waals surface area contributed by atoms with Gasteiger partial charge < -0.3 is 10.4 Å². The molecule has 0 fully saturated rings. The number of amides is 1. The summed E-state index contributed by atoms with van der Waals surface area (Å²) < 4.78 is 37.6. The van der Waals surface area contributed by atoms with Crippen molar-refractivity contribution in [2.45, 2.75) is 32.5 Å². The van der Waals surface area contributed by atoms with Crippen molar-refractivity contribution in [3.8, 4) is 0 Å². The van der Waals surface area contributed by atoms with Gasteiger partial charge in [0.2, 0.25) is 0 Å². The number of alkyl halides is 3. The van der Waals surface area contributed by atoms with Gasteiger partial charge in [-0.25, -0.2) is 0 Å². The normalized spacial score (nSPS) is 14.7. The Kier molecular flexibility index (Phi) is 5.56. The molecule has 0 bridgehead atoms. The van der Waals surface area contributed by atoms with E-state index in [9.17, 15) is 23.1 Å². The zero-order chi connectivity index (χ0) is 15.3. The molecule has 3 nitrogen and oxygen atoms in total. The van der Waals surface area contributed by atoms with E-state index in [4.69, 9.17) is 0 Å². The van der Waals surface area contributed by atoms with Crippen LogP contribution in [0.4, 0.5) is 13.2 Å². The quantitative estimate of drug-likeness (QED) is 0.875. The largest absolute Gasteiger partial charge is 0.416 e. The summed E-state index contributed by atoms with van der Waals surface area (Å²) in [6.07, 6.45) is -4.42. The summed E-state index contributed by atoms with van der Waals surface area (Å²) in [4.78, 5) is 11.8. The minimum atomic E-state index is -4.46. The average Bonchev–Trinajstić information content (AvgIpc) is 2.34. The highest BCUT2D eigenvalue weighted by Gasteiger charge is 2.30. The molecule has 0 heterocycles. The Morgan fingerprint density at radius 1 is 1.35 bits per heavy atom. The number of rotatable bonds is 5. The van der Waals surface area contributed by atoms with Gasteiger partial charge in [0.15, 0.2) is 0 Å². The van der Waals surface area contributed by atoms with Gasteiger partial charge in [-0.3, -0.25) is 4.79 Å². The molecule has 2 unspecified atom stereocenters. The van der Waals surface area contributed by atoms with Crippen molar-refractivity contribution in [3.63, 3.8) is 0 Å². The second kappa shape index (κ2) is 6.74. The molecule has 0 spiro atoms. The van der Waals surface area contributed by atoms with E-state index >= 15 is 0 Å². The molecule has 1 aromatic carbocycles. The zero-order valence-electron chi connectivity index (χ0n) is 11.4. The molecular formula is C14H18F3NO2. The molecule has 1 aromatic rings. The molecule has 0 aliphatic heterocycles. The van der Waals surface area contributed by atoms with Crippen LogP contribution in [0.15, 0.2) is 24.3 Å². The van der Waals surface area contributed by atoms with Gasteiger partial charge in [0.05, 0.1) is 11.7 Å². The highest BCUT2D eigenvalue weighted by molar-refractivity contribution is 5.94. The van der Waals surface area contributed by atoms with Gasteiger partial charge in [-0.15, -0.1) is 0 Å². The number of carbonyl (C=O) groups excluding carboxylic acids is 1. The summed E-state index contributed by atoms with van der Waals surface area (Å²) in [6.45, 7) is 3.80. The smallest absolute Gasteiger partial charge is 0.393 e. The molecule has 6 heteroatoms. The second-order valence-corrected chi connectivity index (χ2v) is 4.98. The Balaban J connectivity index is 2.64. The number of carbonyl (C=O) groups is 1. The molecule has 20 heavy (non-hydrogen) atoms. The Labute approximate surface area is 115 Å². The Morgan fingerprint density at radius 3 is 2.55 bits per heavy atom. The fourth-order valence-corrected chi connectivity index (χ4v) is 1.87. The fraction of sp³-hybridized carbons (Fsp3) is 0.500. The molecule has 112 valence electrons. The highest BCUT2D eigenvalue weighted by atomic mass is 19.4. The summed E-state index contributed by atoms with van der Waals surface area (Å²) in [7, 11) is 0. The summed E-state index contributed by atoms with van der Waals surface area (Å²) in [6, 6.07) is 4.29. The van der Waals surface area contributed by atoms with Crippen molar-refractivity contribution < 1.29 is 23.1 Å². The van der Waals surface area contributed by atoms with Crippen molar-refractivity contribution in [2.24, 2.45) is 5.92 Å². The summed E-state index contributed by atoms with van der Waals surface area (Å²) in [5.74, 6) is -0.502. The first-order valence-corrected chi connectivity index (χ1v) is 6.33. The number of hydrogen-bond acceptors (Lipinski definition) is 2. The maximum atomic E-state index is 12.5. The van der Waals surface area contributed by atoms with E-state index < -0.39 is 23.8 Å². The molecule has 0 radical (unpaired) electrons. The van der Waals surface area contributed by atoms with Gasteiger partial charge in [-0.2, -0.15) is 13.2 Å². The maximum absolute atomic E-state index is 12.5. The Morgan fingerprint density at radius 2 is 2.00 bits per heavy atom. The van der Waals surface area contributed by atoms with Crippen molar-refractivity contribution in [1.82, 2.24) is 5.32 Å². The van der Waals surface area contributed by atoms with Crippen LogP contribution in [-0.4, -0.2) is 23.7 Å². The van der Waals surface area contributed by atoms with Crippen molar-refractivity contribution >= 4 is 5.91 Å². The third-order valence-electron chi connectivity index (χ3n) is 2.81. The van der Waals surface area contributed by atoms with E-state index in [2.05, 4.69) is 5.32 Å². The van der Waals surface area contributed by atoms with Crippen LogP contribution < -0.4 is 5.32 Å². The van der Waals surface area contributed by atoms with Crippen LogP contribution in [0.1, 0.15) is 36.2 Å². The fourth-order valence-electron chi connectivity index (χ4n) is 1.87. The van der Waals surface area contributed by atoms with E-state index in [1.54, 1.807) is 6.92 Å². The van der Waals surface area contributed by atoms with Crippen molar-refractivity contribution in [3.05, 3.63) is 35.4 Å². The first-order chi connectivity index (χ1) is 9.20. The molecule has 2 N–H and O–H groups in total. The van der Waals surface area contributed by atoms with Gasteiger partial charge in [0.1, 0.15) is 0 Å². The number of hydrogen-bond donors (Lipinski definition) is 2. The number of nitrogens with one attached hydrogen (secondary N) is 1. The number of aliphatic hydroxyl groups is 1. The van der Waals surface area contributed by atoms with Crippen LogP contribution >= 0.6 is 0 Å². The first kappa shape index (κ1) is 16.5. The minimum Gasteiger partial charge on any atom is -0.393 e. The SMILES string of the molecule is CC(O)CC(C)CNC(=O)c1cccc(C(F)(F)F)c1.